The number of urea groups is 1. The first kappa shape index (κ1) is 11.8. The first-order chi connectivity index (χ1) is 6.95. The van der Waals surface area contributed by atoms with Crippen molar-refractivity contribution in [2.75, 3.05) is 14.1 Å². The summed E-state index contributed by atoms with van der Waals surface area (Å²) >= 11 is 0. The summed E-state index contributed by atoms with van der Waals surface area (Å²) in [6, 6.07) is -0.210. The minimum atomic E-state index is -0.851. The van der Waals surface area contributed by atoms with E-state index in [-0.39, 0.29) is 12.5 Å². The molecule has 0 radical (unpaired) electrons. The van der Waals surface area contributed by atoms with Gasteiger partial charge in [-0.15, -0.1) is 0 Å². The lowest BCUT2D eigenvalue weighted by atomic mass is 9.93. The van der Waals surface area contributed by atoms with E-state index in [0.717, 1.165) is 25.7 Å². The number of carboxylic acids is 1. The zero-order valence-corrected chi connectivity index (χ0v) is 9.25. The number of carbonyl (C=O) groups is 2. The molecule has 0 spiro atoms. The predicted octanol–water partition coefficient (Wildman–Crippen LogP) is 1.05. The number of amides is 2. The van der Waals surface area contributed by atoms with Crippen LogP contribution in [0.2, 0.25) is 0 Å². The van der Waals surface area contributed by atoms with E-state index in [4.69, 9.17) is 5.11 Å². The van der Waals surface area contributed by atoms with Crippen LogP contribution < -0.4 is 5.32 Å². The highest BCUT2D eigenvalue weighted by Crippen LogP contribution is 2.32. The Hall–Kier alpha value is -1.26. The Labute approximate surface area is 89.4 Å². The number of aliphatic carboxylic acids is 1. The highest BCUT2D eigenvalue weighted by Gasteiger charge is 2.37. The van der Waals surface area contributed by atoms with Crippen molar-refractivity contribution in [2.45, 2.75) is 37.6 Å². The molecule has 1 rings (SSSR count). The van der Waals surface area contributed by atoms with Crippen LogP contribution in [0, 0.1) is 0 Å². The molecule has 0 aromatic rings. The van der Waals surface area contributed by atoms with Gasteiger partial charge in [-0.05, 0) is 12.8 Å². The number of nitrogens with zero attached hydrogens (tertiary/aromatic N) is 1. The summed E-state index contributed by atoms with van der Waals surface area (Å²) in [6.45, 7) is 0. The minimum Gasteiger partial charge on any atom is -0.481 e. The number of hydrogen-bond acceptors (Lipinski definition) is 2. The van der Waals surface area contributed by atoms with Gasteiger partial charge in [-0.25, -0.2) is 4.79 Å². The molecule has 0 bridgehead atoms. The van der Waals surface area contributed by atoms with Crippen molar-refractivity contribution in [3.63, 3.8) is 0 Å². The Kier molecular flexibility index (Phi) is 3.55. The number of nitrogens with one attached hydrogen (secondary N) is 1. The minimum absolute atomic E-state index is 0.0204. The normalized spacial score (nSPS) is 18.5. The lowest BCUT2D eigenvalue weighted by Crippen LogP contribution is -2.51. The van der Waals surface area contributed by atoms with Gasteiger partial charge >= 0.3 is 12.0 Å². The van der Waals surface area contributed by atoms with Crippen molar-refractivity contribution < 1.29 is 14.7 Å². The van der Waals surface area contributed by atoms with Crippen LogP contribution in [0.4, 0.5) is 4.79 Å². The third-order valence-electron chi connectivity index (χ3n) is 2.83. The van der Waals surface area contributed by atoms with Crippen LogP contribution in [0.5, 0.6) is 0 Å². The molecule has 5 heteroatoms. The Morgan fingerprint density at radius 1 is 1.33 bits per heavy atom. The topological polar surface area (TPSA) is 69.6 Å². The second-order valence-corrected chi connectivity index (χ2v) is 4.38. The van der Waals surface area contributed by atoms with Crippen LogP contribution in [-0.2, 0) is 4.79 Å². The van der Waals surface area contributed by atoms with Gasteiger partial charge in [0.25, 0.3) is 0 Å². The average Bonchev–Trinajstić information content (AvgIpc) is 2.51. The molecule has 0 aromatic heterocycles. The molecule has 0 heterocycles. The summed E-state index contributed by atoms with van der Waals surface area (Å²) in [5, 5.41) is 11.7. The fourth-order valence-corrected chi connectivity index (χ4v) is 2.03. The molecule has 0 aromatic carbocycles. The van der Waals surface area contributed by atoms with Gasteiger partial charge in [-0.3, -0.25) is 4.79 Å². The summed E-state index contributed by atoms with van der Waals surface area (Å²) < 4.78 is 0. The number of hydrogen-bond donors (Lipinski definition) is 2. The molecule has 1 aliphatic rings. The van der Waals surface area contributed by atoms with Crippen LogP contribution in [0.1, 0.15) is 32.1 Å². The maximum absolute atomic E-state index is 11.5. The molecule has 2 amide bonds. The van der Waals surface area contributed by atoms with Crippen molar-refractivity contribution in [3.05, 3.63) is 0 Å². The molecule has 0 unspecified atom stereocenters. The van der Waals surface area contributed by atoms with E-state index in [9.17, 15) is 9.59 Å². The van der Waals surface area contributed by atoms with Gasteiger partial charge in [-0.1, -0.05) is 12.8 Å². The van der Waals surface area contributed by atoms with Gasteiger partial charge in [-0.2, -0.15) is 0 Å². The summed E-state index contributed by atoms with van der Waals surface area (Å²) in [6.07, 6.45) is 3.52. The van der Waals surface area contributed by atoms with E-state index in [2.05, 4.69) is 5.32 Å². The fraction of sp³-hybridized carbons (Fsp3) is 0.800. The van der Waals surface area contributed by atoms with Crippen molar-refractivity contribution in [1.82, 2.24) is 10.2 Å². The molecule has 1 aliphatic carbocycles. The van der Waals surface area contributed by atoms with Crippen LogP contribution in [0.15, 0.2) is 0 Å². The monoisotopic (exact) mass is 214 g/mol. The summed E-state index contributed by atoms with van der Waals surface area (Å²) in [5.41, 5.74) is -0.521. The molecular formula is C10H18N2O3. The number of carbonyl (C=O) groups excluding carboxylic acids is 1. The molecule has 0 aliphatic heterocycles. The molecule has 15 heavy (non-hydrogen) atoms. The molecule has 86 valence electrons. The van der Waals surface area contributed by atoms with Gasteiger partial charge in [0, 0.05) is 14.1 Å². The third kappa shape index (κ3) is 3.11. The van der Waals surface area contributed by atoms with Gasteiger partial charge < -0.3 is 15.3 Å². The quantitative estimate of drug-likeness (QED) is 0.737. The largest absolute Gasteiger partial charge is 0.481 e. The van der Waals surface area contributed by atoms with Crippen LogP contribution in [-0.4, -0.2) is 41.6 Å². The van der Waals surface area contributed by atoms with Gasteiger partial charge in [0.05, 0.1) is 12.0 Å². The average molecular weight is 214 g/mol. The molecule has 1 fully saturated rings. The molecule has 1 saturated carbocycles. The highest BCUT2D eigenvalue weighted by molar-refractivity contribution is 5.76. The van der Waals surface area contributed by atoms with Crippen LogP contribution >= 0.6 is 0 Å². The lowest BCUT2D eigenvalue weighted by Gasteiger charge is -2.30. The Balaban J connectivity index is 2.65. The first-order valence-electron chi connectivity index (χ1n) is 5.16. The summed E-state index contributed by atoms with van der Waals surface area (Å²) in [5.74, 6) is -0.851. The van der Waals surface area contributed by atoms with Crippen LogP contribution in [0.25, 0.3) is 0 Å². The van der Waals surface area contributed by atoms with Crippen molar-refractivity contribution in [1.29, 1.82) is 0 Å². The van der Waals surface area contributed by atoms with E-state index in [1.807, 2.05) is 0 Å². The van der Waals surface area contributed by atoms with Crippen molar-refractivity contribution in [2.24, 2.45) is 0 Å². The second kappa shape index (κ2) is 4.51. The fourth-order valence-electron chi connectivity index (χ4n) is 2.03. The summed E-state index contributed by atoms with van der Waals surface area (Å²) in [4.78, 5) is 23.7. The smallest absolute Gasteiger partial charge is 0.317 e. The Morgan fingerprint density at radius 3 is 2.27 bits per heavy atom. The molecular weight excluding hydrogens is 196 g/mol. The Bertz CT molecular complexity index is 257. The zero-order chi connectivity index (χ0) is 11.5. The van der Waals surface area contributed by atoms with Gasteiger partial charge in [0.1, 0.15) is 0 Å². The number of carboxylic acid groups (broad SMARTS) is 1. The lowest BCUT2D eigenvalue weighted by molar-refractivity contribution is -0.138. The van der Waals surface area contributed by atoms with Crippen LogP contribution in [0.3, 0.4) is 0 Å². The van der Waals surface area contributed by atoms with Crippen molar-refractivity contribution >= 4 is 12.0 Å². The first-order valence-corrected chi connectivity index (χ1v) is 5.16. The number of rotatable bonds is 3. The second-order valence-electron chi connectivity index (χ2n) is 4.38. The SMILES string of the molecule is CN(C)C(=O)NC1(CC(=O)O)CCCC1. The molecule has 0 saturated heterocycles. The maximum atomic E-state index is 11.5. The van der Waals surface area contributed by atoms with E-state index < -0.39 is 11.5 Å². The maximum Gasteiger partial charge on any atom is 0.317 e. The van der Waals surface area contributed by atoms with E-state index in [1.165, 1.54) is 4.90 Å². The van der Waals surface area contributed by atoms with Gasteiger partial charge in [0.15, 0.2) is 0 Å². The zero-order valence-electron chi connectivity index (χ0n) is 9.25. The van der Waals surface area contributed by atoms with E-state index in [1.54, 1.807) is 14.1 Å². The third-order valence-corrected chi connectivity index (χ3v) is 2.83. The molecule has 2 N–H and O–H groups in total. The molecule has 5 nitrogen and oxygen atoms in total. The molecule has 0 atom stereocenters. The van der Waals surface area contributed by atoms with Crippen molar-refractivity contribution in [3.8, 4) is 0 Å². The van der Waals surface area contributed by atoms with E-state index in [0.29, 0.717) is 0 Å². The van der Waals surface area contributed by atoms with E-state index >= 15 is 0 Å². The van der Waals surface area contributed by atoms with Gasteiger partial charge in [0.2, 0.25) is 0 Å². The predicted molar refractivity (Wildman–Crippen MR) is 55.7 cm³/mol. The Morgan fingerprint density at radius 2 is 1.87 bits per heavy atom. The highest BCUT2D eigenvalue weighted by atomic mass is 16.4. The summed E-state index contributed by atoms with van der Waals surface area (Å²) in [7, 11) is 3.30. The standard InChI is InChI=1S/C10H18N2O3/c1-12(2)9(15)11-10(7-8(13)14)5-3-4-6-10/h3-7H2,1-2H3,(H,11,15)(H,13,14).